The minimum absolute atomic E-state index is 0.0242. The van der Waals surface area contributed by atoms with Gasteiger partial charge in [0.2, 0.25) is 0 Å². The SMILES string of the molecule is O=C(O)CN1CCC(NC(=O)Nc2ccc(C3CC3)cc2F)CC1. The molecule has 1 saturated carbocycles. The van der Waals surface area contributed by atoms with E-state index in [1.165, 1.54) is 6.07 Å². The Morgan fingerprint density at radius 3 is 2.50 bits per heavy atom. The van der Waals surface area contributed by atoms with E-state index in [-0.39, 0.29) is 18.3 Å². The molecule has 1 saturated heterocycles. The van der Waals surface area contributed by atoms with Crippen molar-refractivity contribution in [2.75, 3.05) is 25.0 Å². The Morgan fingerprint density at radius 2 is 1.92 bits per heavy atom. The highest BCUT2D eigenvalue weighted by atomic mass is 19.1. The maximum absolute atomic E-state index is 14.0. The molecule has 0 atom stereocenters. The van der Waals surface area contributed by atoms with Crippen LogP contribution in [0.4, 0.5) is 14.9 Å². The van der Waals surface area contributed by atoms with Crippen molar-refractivity contribution in [3.05, 3.63) is 29.6 Å². The van der Waals surface area contributed by atoms with E-state index in [1.54, 1.807) is 6.07 Å². The standard InChI is InChI=1S/C17H22FN3O3/c18-14-9-12(11-1-2-11)3-4-15(14)20-17(24)19-13-5-7-21(8-6-13)10-16(22)23/h3-4,9,11,13H,1-2,5-8,10H2,(H,22,23)(H2,19,20,24). The van der Waals surface area contributed by atoms with Crippen LogP contribution < -0.4 is 10.6 Å². The molecule has 1 heterocycles. The van der Waals surface area contributed by atoms with Crippen LogP contribution in [0.2, 0.25) is 0 Å². The number of nitrogens with zero attached hydrogens (tertiary/aromatic N) is 1. The van der Waals surface area contributed by atoms with Gasteiger partial charge in [0.15, 0.2) is 0 Å². The zero-order valence-corrected chi connectivity index (χ0v) is 13.4. The number of likely N-dealkylation sites (tertiary alicyclic amines) is 1. The second-order valence-electron chi connectivity index (χ2n) is 6.56. The lowest BCUT2D eigenvalue weighted by Crippen LogP contribution is -2.47. The van der Waals surface area contributed by atoms with Gasteiger partial charge in [-0.2, -0.15) is 0 Å². The summed E-state index contributed by atoms with van der Waals surface area (Å²) in [5.41, 5.74) is 1.17. The number of anilines is 1. The highest BCUT2D eigenvalue weighted by Gasteiger charge is 2.25. The van der Waals surface area contributed by atoms with Crippen molar-refractivity contribution in [3.63, 3.8) is 0 Å². The maximum Gasteiger partial charge on any atom is 0.319 e. The van der Waals surface area contributed by atoms with Crippen molar-refractivity contribution in [1.29, 1.82) is 0 Å². The summed E-state index contributed by atoms with van der Waals surface area (Å²) in [6, 6.07) is 4.52. The third kappa shape index (κ3) is 4.44. The number of piperidine rings is 1. The number of carbonyl (C=O) groups excluding carboxylic acids is 1. The Balaban J connectivity index is 1.47. The van der Waals surface area contributed by atoms with Gasteiger partial charge in [-0.15, -0.1) is 0 Å². The van der Waals surface area contributed by atoms with E-state index in [0.29, 0.717) is 31.8 Å². The Morgan fingerprint density at radius 1 is 1.21 bits per heavy atom. The van der Waals surface area contributed by atoms with Gasteiger partial charge in [0.25, 0.3) is 0 Å². The number of rotatable bonds is 5. The summed E-state index contributed by atoms with van der Waals surface area (Å²) in [5.74, 6) is -0.784. The molecule has 6 nitrogen and oxygen atoms in total. The lowest BCUT2D eigenvalue weighted by Gasteiger charge is -2.31. The van der Waals surface area contributed by atoms with Gasteiger partial charge in [-0.25, -0.2) is 9.18 Å². The van der Waals surface area contributed by atoms with Crippen LogP contribution >= 0.6 is 0 Å². The average Bonchev–Trinajstić information content (AvgIpc) is 3.35. The molecule has 130 valence electrons. The van der Waals surface area contributed by atoms with Gasteiger partial charge in [0.05, 0.1) is 12.2 Å². The van der Waals surface area contributed by atoms with Crippen LogP contribution in [0.3, 0.4) is 0 Å². The Kier molecular flexibility index (Phi) is 4.99. The number of carboxylic acids is 1. The minimum atomic E-state index is -0.843. The third-order valence-corrected chi connectivity index (χ3v) is 4.57. The number of benzene rings is 1. The fourth-order valence-corrected chi connectivity index (χ4v) is 3.07. The van der Waals surface area contributed by atoms with Crippen molar-refractivity contribution in [2.45, 2.75) is 37.6 Å². The first-order chi connectivity index (χ1) is 11.5. The topological polar surface area (TPSA) is 81.7 Å². The summed E-state index contributed by atoms with van der Waals surface area (Å²) in [6.45, 7) is 1.28. The molecule has 3 N–H and O–H groups in total. The number of amides is 2. The highest BCUT2D eigenvalue weighted by Crippen LogP contribution is 2.40. The molecule has 1 aromatic carbocycles. The monoisotopic (exact) mass is 335 g/mol. The summed E-state index contributed by atoms with van der Waals surface area (Å²) in [5, 5.41) is 14.1. The van der Waals surface area contributed by atoms with E-state index in [4.69, 9.17) is 5.11 Å². The van der Waals surface area contributed by atoms with E-state index in [9.17, 15) is 14.0 Å². The van der Waals surface area contributed by atoms with Crippen molar-refractivity contribution in [3.8, 4) is 0 Å². The van der Waals surface area contributed by atoms with Crippen LogP contribution in [0.5, 0.6) is 0 Å². The van der Waals surface area contributed by atoms with Gasteiger partial charge in [0, 0.05) is 19.1 Å². The predicted octanol–water partition coefficient (Wildman–Crippen LogP) is 2.37. The number of halogens is 1. The molecule has 1 aliphatic carbocycles. The van der Waals surface area contributed by atoms with E-state index in [0.717, 1.165) is 18.4 Å². The van der Waals surface area contributed by atoms with E-state index >= 15 is 0 Å². The molecule has 0 aromatic heterocycles. The largest absolute Gasteiger partial charge is 0.480 e. The molecule has 2 amide bonds. The van der Waals surface area contributed by atoms with Gasteiger partial charge in [0.1, 0.15) is 5.82 Å². The molecule has 7 heteroatoms. The maximum atomic E-state index is 14.0. The number of nitrogens with one attached hydrogen (secondary N) is 2. The summed E-state index contributed by atoms with van der Waals surface area (Å²) >= 11 is 0. The first kappa shape index (κ1) is 16.7. The molecular weight excluding hydrogens is 313 g/mol. The second kappa shape index (κ2) is 7.17. The molecule has 2 aliphatic rings. The van der Waals surface area contributed by atoms with Crippen molar-refractivity contribution in [1.82, 2.24) is 10.2 Å². The number of carboxylic acid groups (broad SMARTS) is 1. The van der Waals surface area contributed by atoms with Gasteiger partial charge in [-0.05, 0) is 49.3 Å². The summed E-state index contributed by atoms with van der Waals surface area (Å²) in [7, 11) is 0. The van der Waals surface area contributed by atoms with Crippen LogP contribution in [-0.4, -0.2) is 47.7 Å². The molecule has 24 heavy (non-hydrogen) atoms. The van der Waals surface area contributed by atoms with E-state index < -0.39 is 17.8 Å². The first-order valence-corrected chi connectivity index (χ1v) is 8.32. The quantitative estimate of drug-likeness (QED) is 0.772. The number of hydrogen-bond donors (Lipinski definition) is 3. The highest BCUT2D eigenvalue weighted by molar-refractivity contribution is 5.89. The zero-order valence-electron chi connectivity index (χ0n) is 13.4. The number of urea groups is 1. The Bertz CT molecular complexity index is 626. The Labute approximate surface area is 140 Å². The summed E-state index contributed by atoms with van der Waals surface area (Å²) in [6.07, 6.45) is 3.58. The molecule has 0 bridgehead atoms. The van der Waals surface area contributed by atoms with Crippen molar-refractivity contribution in [2.24, 2.45) is 0 Å². The number of carbonyl (C=O) groups is 2. The van der Waals surface area contributed by atoms with Crippen LogP contribution in [0.25, 0.3) is 0 Å². The van der Waals surface area contributed by atoms with Gasteiger partial charge >= 0.3 is 12.0 Å². The van der Waals surface area contributed by atoms with Crippen LogP contribution in [0.1, 0.15) is 37.2 Å². The lowest BCUT2D eigenvalue weighted by atomic mass is 10.1. The van der Waals surface area contributed by atoms with Crippen LogP contribution in [0, 0.1) is 5.82 Å². The second-order valence-corrected chi connectivity index (χ2v) is 6.56. The molecular formula is C17H22FN3O3. The Hall–Kier alpha value is -2.15. The minimum Gasteiger partial charge on any atom is -0.480 e. The summed E-state index contributed by atoms with van der Waals surface area (Å²) < 4.78 is 14.0. The summed E-state index contributed by atoms with van der Waals surface area (Å²) in [4.78, 5) is 24.5. The molecule has 0 radical (unpaired) electrons. The average molecular weight is 335 g/mol. The van der Waals surface area contributed by atoms with Crippen molar-refractivity contribution < 1.29 is 19.1 Å². The zero-order chi connectivity index (χ0) is 17.1. The normalized spacial score (nSPS) is 19.0. The third-order valence-electron chi connectivity index (χ3n) is 4.57. The van der Waals surface area contributed by atoms with E-state index in [1.807, 2.05) is 11.0 Å². The number of hydrogen-bond acceptors (Lipinski definition) is 3. The molecule has 3 rings (SSSR count). The molecule has 1 aromatic rings. The van der Waals surface area contributed by atoms with Crippen LogP contribution in [-0.2, 0) is 4.79 Å². The smallest absolute Gasteiger partial charge is 0.319 e. The van der Waals surface area contributed by atoms with Gasteiger partial charge < -0.3 is 15.7 Å². The van der Waals surface area contributed by atoms with Crippen molar-refractivity contribution >= 4 is 17.7 Å². The van der Waals surface area contributed by atoms with Crippen LogP contribution in [0.15, 0.2) is 18.2 Å². The molecule has 0 spiro atoms. The first-order valence-electron chi connectivity index (χ1n) is 8.32. The predicted molar refractivity (Wildman–Crippen MR) is 87.6 cm³/mol. The molecule has 2 fully saturated rings. The fraction of sp³-hybridized carbons (Fsp3) is 0.529. The van der Waals surface area contributed by atoms with E-state index in [2.05, 4.69) is 10.6 Å². The molecule has 0 unspecified atom stereocenters. The number of aliphatic carboxylic acids is 1. The van der Waals surface area contributed by atoms with Gasteiger partial charge in [-0.3, -0.25) is 9.69 Å². The molecule has 1 aliphatic heterocycles. The van der Waals surface area contributed by atoms with Gasteiger partial charge in [-0.1, -0.05) is 6.07 Å². The lowest BCUT2D eigenvalue weighted by molar-refractivity contribution is -0.138. The fourth-order valence-electron chi connectivity index (χ4n) is 3.07.